The highest BCUT2D eigenvalue weighted by molar-refractivity contribution is 9.10. The zero-order valence-corrected chi connectivity index (χ0v) is 8.56. The average molecular weight is 250 g/mol. The number of carbonyl (C=O) groups is 1. The summed E-state index contributed by atoms with van der Waals surface area (Å²) in [5.41, 5.74) is 6.50. The van der Waals surface area contributed by atoms with Crippen molar-refractivity contribution < 1.29 is 9.90 Å². The lowest BCUT2D eigenvalue weighted by Crippen LogP contribution is -2.14. The van der Waals surface area contributed by atoms with Crippen LogP contribution in [0.1, 0.15) is 18.0 Å². The van der Waals surface area contributed by atoms with Gasteiger partial charge in [0.15, 0.2) is 0 Å². The molecular formula is C7H8BrNO2S. The normalized spacial score (nSPS) is 12.8. The summed E-state index contributed by atoms with van der Waals surface area (Å²) in [5, 5.41) is 12.2. The molecule has 0 aliphatic rings. The number of carboxylic acid groups (broad SMARTS) is 1. The molecule has 0 spiro atoms. The maximum Gasteiger partial charge on any atom is 0.305 e. The molecule has 1 aromatic heterocycles. The molecule has 0 amide bonds. The highest BCUT2D eigenvalue weighted by atomic mass is 79.9. The topological polar surface area (TPSA) is 63.3 Å². The molecule has 0 radical (unpaired) electrons. The van der Waals surface area contributed by atoms with Gasteiger partial charge in [-0.05, 0) is 26.9 Å². The zero-order chi connectivity index (χ0) is 9.14. The van der Waals surface area contributed by atoms with Crippen LogP contribution in [0.2, 0.25) is 0 Å². The molecule has 0 unspecified atom stereocenters. The lowest BCUT2D eigenvalue weighted by Gasteiger charge is -2.06. The lowest BCUT2D eigenvalue weighted by molar-refractivity contribution is -0.137. The van der Waals surface area contributed by atoms with Crippen LogP contribution in [0.25, 0.3) is 0 Å². The Morgan fingerprint density at radius 1 is 1.75 bits per heavy atom. The van der Waals surface area contributed by atoms with Crippen LogP contribution in [0.15, 0.2) is 15.2 Å². The van der Waals surface area contributed by atoms with Crippen LogP contribution in [0.5, 0.6) is 0 Å². The van der Waals surface area contributed by atoms with Crippen molar-refractivity contribution in [2.24, 2.45) is 5.73 Å². The second-order valence-corrected chi connectivity index (χ2v) is 3.98. The van der Waals surface area contributed by atoms with E-state index in [0.29, 0.717) is 0 Å². The van der Waals surface area contributed by atoms with Gasteiger partial charge >= 0.3 is 5.97 Å². The molecule has 1 heterocycles. The highest BCUT2D eigenvalue weighted by Gasteiger charge is 2.13. The summed E-state index contributed by atoms with van der Waals surface area (Å²) in [4.78, 5) is 10.3. The Balaban J connectivity index is 2.71. The van der Waals surface area contributed by atoms with Gasteiger partial charge in [-0.15, -0.1) is 0 Å². The number of hydrogen-bond acceptors (Lipinski definition) is 3. The van der Waals surface area contributed by atoms with E-state index in [1.807, 2.05) is 10.8 Å². The van der Waals surface area contributed by atoms with Gasteiger partial charge in [-0.1, -0.05) is 0 Å². The monoisotopic (exact) mass is 249 g/mol. The molecule has 5 heteroatoms. The maximum absolute atomic E-state index is 10.3. The SMILES string of the molecule is N[C@@H](CC(=O)O)c1cscc1Br. The average Bonchev–Trinajstić information content (AvgIpc) is 2.33. The third kappa shape index (κ3) is 2.30. The van der Waals surface area contributed by atoms with Crippen molar-refractivity contribution in [3.63, 3.8) is 0 Å². The van der Waals surface area contributed by atoms with E-state index in [0.717, 1.165) is 10.0 Å². The first-order chi connectivity index (χ1) is 5.61. The van der Waals surface area contributed by atoms with Crippen LogP contribution in [0.3, 0.4) is 0 Å². The fraction of sp³-hybridized carbons (Fsp3) is 0.286. The van der Waals surface area contributed by atoms with Gasteiger partial charge in [-0.3, -0.25) is 4.79 Å². The third-order valence-corrected chi connectivity index (χ3v) is 3.19. The second kappa shape index (κ2) is 4.02. The molecule has 0 aliphatic carbocycles. The van der Waals surface area contributed by atoms with Gasteiger partial charge in [0.2, 0.25) is 0 Å². The minimum Gasteiger partial charge on any atom is -0.481 e. The third-order valence-electron chi connectivity index (χ3n) is 1.44. The molecule has 66 valence electrons. The predicted molar refractivity (Wildman–Crippen MR) is 51.2 cm³/mol. The number of nitrogens with two attached hydrogens (primary N) is 1. The van der Waals surface area contributed by atoms with Crippen LogP contribution >= 0.6 is 27.3 Å². The summed E-state index contributed by atoms with van der Waals surface area (Å²) in [5.74, 6) is -0.874. The van der Waals surface area contributed by atoms with Crippen molar-refractivity contribution in [1.29, 1.82) is 0 Å². The molecule has 0 saturated heterocycles. The van der Waals surface area contributed by atoms with Crippen LogP contribution < -0.4 is 5.73 Å². The summed E-state index contributed by atoms with van der Waals surface area (Å²) in [6.07, 6.45) is -0.0324. The van der Waals surface area contributed by atoms with E-state index in [1.54, 1.807) is 0 Å². The summed E-state index contributed by atoms with van der Waals surface area (Å²) in [7, 11) is 0. The van der Waals surface area contributed by atoms with Crippen molar-refractivity contribution in [3.05, 3.63) is 20.8 Å². The first-order valence-electron chi connectivity index (χ1n) is 3.30. The van der Waals surface area contributed by atoms with Crippen molar-refractivity contribution >= 4 is 33.2 Å². The van der Waals surface area contributed by atoms with Gasteiger partial charge in [0.05, 0.1) is 6.42 Å². The van der Waals surface area contributed by atoms with Crippen molar-refractivity contribution in [3.8, 4) is 0 Å². The van der Waals surface area contributed by atoms with Crippen LogP contribution in [0, 0.1) is 0 Å². The molecule has 0 fully saturated rings. The number of hydrogen-bond donors (Lipinski definition) is 2. The van der Waals surface area contributed by atoms with Crippen LogP contribution in [-0.4, -0.2) is 11.1 Å². The van der Waals surface area contributed by atoms with Gasteiger partial charge in [-0.2, -0.15) is 11.3 Å². The number of aliphatic carboxylic acids is 1. The van der Waals surface area contributed by atoms with Gasteiger partial charge in [-0.25, -0.2) is 0 Å². The Hall–Kier alpha value is -0.390. The Bertz CT molecular complexity index is 287. The number of halogens is 1. The molecule has 0 aliphatic heterocycles. The van der Waals surface area contributed by atoms with Crippen LogP contribution in [0.4, 0.5) is 0 Å². The van der Waals surface area contributed by atoms with E-state index in [-0.39, 0.29) is 6.42 Å². The molecule has 1 rings (SSSR count). The number of rotatable bonds is 3. The smallest absolute Gasteiger partial charge is 0.305 e. The molecule has 1 aromatic rings. The Morgan fingerprint density at radius 2 is 2.42 bits per heavy atom. The summed E-state index contributed by atoms with van der Waals surface area (Å²) in [6, 6.07) is -0.414. The molecule has 0 saturated carbocycles. The molecular weight excluding hydrogens is 242 g/mol. The Labute approximate surface area is 82.3 Å². The van der Waals surface area contributed by atoms with E-state index >= 15 is 0 Å². The number of carboxylic acids is 1. The van der Waals surface area contributed by atoms with E-state index in [9.17, 15) is 4.79 Å². The van der Waals surface area contributed by atoms with Gasteiger partial charge in [0.25, 0.3) is 0 Å². The van der Waals surface area contributed by atoms with E-state index in [2.05, 4.69) is 15.9 Å². The van der Waals surface area contributed by atoms with Gasteiger partial charge in [0.1, 0.15) is 0 Å². The highest BCUT2D eigenvalue weighted by Crippen LogP contribution is 2.27. The summed E-state index contributed by atoms with van der Waals surface area (Å²) < 4.78 is 0.890. The first kappa shape index (κ1) is 9.70. The molecule has 3 N–H and O–H groups in total. The minimum atomic E-state index is -0.874. The van der Waals surface area contributed by atoms with E-state index in [1.165, 1.54) is 11.3 Å². The first-order valence-corrected chi connectivity index (χ1v) is 5.04. The fourth-order valence-corrected chi connectivity index (χ4v) is 2.51. The van der Waals surface area contributed by atoms with Crippen molar-refractivity contribution in [2.45, 2.75) is 12.5 Å². The van der Waals surface area contributed by atoms with E-state index < -0.39 is 12.0 Å². The van der Waals surface area contributed by atoms with Crippen molar-refractivity contribution in [1.82, 2.24) is 0 Å². The van der Waals surface area contributed by atoms with Crippen molar-refractivity contribution in [2.75, 3.05) is 0 Å². The fourth-order valence-electron chi connectivity index (χ4n) is 0.854. The summed E-state index contributed by atoms with van der Waals surface area (Å²) in [6.45, 7) is 0. The van der Waals surface area contributed by atoms with Gasteiger partial charge in [0, 0.05) is 15.9 Å². The Morgan fingerprint density at radius 3 is 2.83 bits per heavy atom. The molecule has 12 heavy (non-hydrogen) atoms. The largest absolute Gasteiger partial charge is 0.481 e. The standard InChI is InChI=1S/C7H8BrNO2S/c8-5-3-12-2-4(5)6(9)1-7(10)11/h2-3,6H,1,9H2,(H,10,11)/t6-/m0/s1. The quantitative estimate of drug-likeness (QED) is 0.862. The number of thiophene rings is 1. The minimum absolute atomic E-state index is 0.0324. The van der Waals surface area contributed by atoms with Gasteiger partial charge < -0.3 is 10.8 Å². The van der Waals surface area contributed by atoms with Crippen LogP contribution in [-0.2, 0) is 4.79 Å². The predicted octanol–water partition coefficient (Wildman–Crippen LogP) is 1.99. The molecule has 3 nitrogen and oxygen atoms in total. The van der Waals surface area contributed by atoms with E-state index in [4.69, 9.17) is 10.8 Å². The summed E-state index contributed by atoms with van der Waals surface area (Å²) >= 11 is 4.80. The lowest BCUT2D eigenvalue weighted by atomic mass is 10.1. The Kier molecular flexibility index (Phi) is 3.25. The maximum atomic E-state index is 10.3. The molecule has 0 aromatic carbocycles. The molecule has 1 atom stereocenters. The molecule has 0 bridgehead atoms. The zero-order valence-electron chi connectivity index (χ0n) is 6.16. The second-order valence-electron chi connectivity index (χ2n) is 2.38.